The van der Waals surface area contributed by atoms with Gasteiger partial charge in [-0.25, -0.2) is 0 Å². The van der Waals surface area contributed by atoms with Gasteiger partial charge in [-0.1, -0.05) is 23.7 Å². The first-order valence-electron chi connectivity index (χ1n) is 7.32. The Kier molecular flexibility index (Phi) is 6.10. The molecule has 22 heavy (non-hydrogen) atoms. The summed E-state index contributed by atoms with van der Waals surface area (Å²) in [5.74, 6) is 0. The third kappa shape index (κ3) is 3.58. The lowest BCUT2D eigenvalue weighted by Crippen LogP contribution is -2.52. The average molecular weight is 366 g/mol. The summed E-state index contributed by atoms with van der Waals surface area (Å²) < 4.78 is 28.9. The molecule has 2 fully saturated rings. The fourth-order valence-corrected chi connectivity index (χ4v) is 5.08. The van der Waals surface area contributed by atoms with Crippen LogP contribution in [0.3, 0.4) is 0 Å². The van der Waals surface area contributed by atoms with Crippen LogP contribution < -0.4 is 5.32 Å². The fourth-order valence-electron chi connectivity index (χ4n) is 3.03. The Morgan fingerprint density at radius 1 is 1.18 bits per heavy atom. The van der Waals surface area contributed by atoms with Gasteiger partial charge in [0.15, 0.2) is 0 Å². The smallest absolute Gasteiger partial charge is 0.282 e. The Balaban J connectivity index is 0.00000176. The molecule has 3 rings (SSSR count). The van der Waals surface area contributed by atoms with Crippen LogP contribution in [0.5, 0.6) is 0 Å². The van der Waals surface area contributed by atoms with Crippen LogP contribution in [0.15, 0.2) is 24.3 Å². The summed E-state index contributed by atoms with van der Waals surface area (Å²) in [6, 6.07) is 7.28. The minimum absolute atomic E-state index is 0. The molecule has 2 aliphatic rings. The topological polar surface area (TPSA) is 52.7 Å². The number of hydrogen-bond donors (Lipinski definition) is 1. The van der Waals surface area contributed by atoms with Crippen molar-refractivity contribution in [3.63, 3.8) is 0 Å². The Hall–Kier alpha value is -0.370. The summed E-state index contributed by atoms with van der Waals surface area (Å²) in [6.07, 6.45) is 1.90. The second-order valence-electron chi connectivity index (χ2n) is 5.50. The first-order valence-corrected chi connectivity index (χ1v) is 9.09. The van der Waals surface area contributed by atoms with Crippen LogP contribution in [-0.2, 0) is 10.2 Å². The molecule has 2 heterocycles. The van der Waals surface area contributed by atoms with Crippen LogP contribution in [0.4, 0.5) is 0 Å². The first kappa shape index (κ1) is 18.0. The van der Waals surface area contributed by atoms with E-state index >= 15 is 0 Å². The van der Waals surface area contributed by atoms with Gasteiger partial charge >= 0.3 is 0 Å². The van der Waals surface area contributed by atoms with Crippen LogP contribution >= 0.6 is 24.0 Å². The molecule has 2 aliphatic heterocycles. The molecule has 124 valence electrons. The Bertz CT molecular complexity index is 606. The SMILES string of the molecule is Cl.O=S(=O)(N1CCCC1)N1CCNCC1c1cccc(Cl)c1. The molecule has 1 aromatic carbocycles. The van der Waals surface area contributed by atoms with Crippen molar-refractivity contribution in [1.82, 2.24) is 13.9 Å². The van der Waals surface area contributed by atoms with E-state index < -0.39 is 10.2 Å². The molecule has 0 aromatic heterocycles. The van der Waals surface area contributed by atoms with Gasteiger partial charge in [-0.2, -0.15) is 17.0 Å². The molecule has 1 unspecified atom stereocenters. The molecule has 0 amide bonds. The van der Waals surface area contributed by atoms with E-state index in [9.17, 15) is 8.42 Å². The second kappa shape index (κ2) is 7.47. The third-order valence-corrected chi connectivity index (χ3v) is 6.40. The highest BCUT2D eigenvalue weighted by Crippen LogP contribution is 2.29. The highest BCUT2D eigenvalue weighted by molar-refractivity contribution is 7.86. The maximum atomic E-state index is 12.8. The minimum atomic E-state index is -3.39. The zero-order chi connectivity index (χ0) is 14.9. The molecule has 0 spiro atoms. The van der Waals surface area contributed by atoms with Gasteiger partial charge in [-0.3, -0.25) is 0 Å². The van der Waals surface area contributed by atoms with Gasteiger partial charge in [0.05, 0.1) is 6.04 Å². The summed E-state index contributed by atoms with van der Waals surface area (Å²) in [6.45, 7) is 3.07. The van der Waals surface area contributed by atoms with Gasteiger partial charge in [0.25, 0.3) is 10.2 Å². The lowest BCUT2D eigenvalue weighted by atomic mass is 10.1. The standard InChI is InChI=1S/C14H20ClN3O2S.ClH/c15-13-5-3-4-12(10-13)14-11-16-6-9-18(14)21(19,20)17-7-1-2-8-17;/h3-5,10,14,16H,1-2,6-9,11H2;1H. The molecule has 0 radical (unpaired) electrons. The van der Waals surface area contributed by atoms with Crippen molar-refractivity contribution < 1.29 is 8.42 Å². The molecule has 1 aromatic rings. The maximum absolute atomic E-state index is 12.8. The van der Waals surface area contributed by atoms with Crippen LogP contribution in [0.2, 0.25) is 5.02 Å². The largest absolute Gasteiger partial charge is 0.313 e. The van der Waals surface area contributed by atoms with Crippen molar-refractivity contribution in [2.75, 3.05) is 32.7 Å². The molecule has 5 nitrogen and oxygen atoms in total. The van der Waals surface area contributed by atoms with Gasteiger partial charge in [0, 0.05) is 37.7 Å². The molecular formula is C14H21Cl2N3O2S. The van der Waals surface area contributed by atoms with Crippen molar-refractivity contribution in [2.24, 2.45) is 0 Å². The predicted molar refractivity (Wildman–Crippen MR) is 90.7 cm³/mol. The van der Waals surface area contributed by atoms with Gasteiger partial charge in [-0.15, -0.1) is 12.4 Å². The van der Waals surface area contributed by atoms with Crippen LogP contribution in [0.1, 0.15) is 24.4 Å². The predicted octanol–water partition coefficient (Wildman–Crippen LogP) is 2.05. The van der Waals surface area contributed by atoms with E-state index in [4.69, 9.17) is 11.6 Å². The maximum Gasteiger partial charge on any atom is 0.282 e. The fraction of sp³-hybridized carbons (Fsp3) is 0.571. The first-order chi connectivity index (χ1) is 10.1. The third-order valence-electron chi connectivity index (χ3n) is 4.12. The molecule has 1 N–H and O–H groups in total. The van der Waals surface area contributed by atoms with E-state index in [-0.39, 0.29) is 18.4 Å². The minimum Gasteiger partial charge on any atom is -0.313 e. The lowest BCUT2D eigenvalue weighted by Gasteiger charge is -2.37. The molecule has 0 bridgehead atoms. The van der Waals surface area contributed by atoms with Crippen LogP contribution in [0.25, 0.3) is 0 Å². The van der Waals surface area contributed by atoms with Gasteiger partial charge < -0.3 is 5.32 Å². The monoisotopic (exact) mass is 365 g/mol. The molecular weight excluding hydrogens is 345 g/mol. The number of nitrogens with one attached hydrogen (secondary N) is 1. The number of rotatable bonds is 3. The Morgan fingerprint density at radius 3 is 2.59 bits per heavy atom. The highest BCUT2D eigenvalue weighted by atomic mass is 35.5. The van der Waals surface area contributed by atoms with Gasteiger partial charge in [0.1, 0.15) is 0 Å². The number of nitrogens with zero attached hydrogens (tertiary/aromatic N) is 2. The second-order valence-corrected chi connectivity index (χ2v) is 7.82. The van der Waals surface area contributed by atoms with Crippen LogP contribution in [-0.4, -0.2) is 49.8 Å². The molecule has 0 saturated carbocycles. The van der Waals surface area contributed by atoms with E-state index in [1.54, 1.807) is 14.7 Å². The van der Waals surface area contributed by atoms with Crippen molar-refractivity contribution in [2.45, 2.75) is 18.9 Å². The van der Waals surface area contributed by atoms with E-state index in [0.717, 1.165) is 18.4 Å². The molecule has 0 aliphatic carbocycles. The van der Waals surface area contributed by atoms with Crippen molar-refractivity contribution in [3.05, 3.63) is 34.9 Å². The van der Waals surface area contributed by atoms with E-state index in [2.05, 4.69) is 5.32 Å². The molecule has 1 atom stereocenters. The van der Waals surface area contributed by atoms with Gasteiger partial charge in [0.2, 0.25) is 0 Å². The summed E-state index contributed by atoms with van der Waals surface area (Å²) in [4.78, 5) is 0. The quantitative estimate of drug-likeness (QED) is 0.891. The molecule has 2 saturated heterocycles. The Labute approximate surface area is 143 Å². The van der Waals surface area contributed by atoms with Gasteiger partial charge in [-0.05, 0) is 30.5 Å². The highest BCUT2D eigenvalue weighted by Gasteiger charge is 2.38. The van der Waals surface area contributed by atoms with Crippen molar-refractivity contribution in [1.29, 1.82) is 0 Å². The summed E-state index contributed by atoms with van der Waals surface area (Å²) in [5, 5.41) is 3.91. The molecule has 8 heteroatoms. The average Bonchev–Trinajstić information content (AvgIpc) is 3.02. The van der Waals surface area contributed by atoms with Crippen molar-refractivity contribution in [3.8, 4) is 0 Å². The summed E-state index contributed by atoms with van der Waals surface area (Å²) in [5.41, 5.74) is 0.942. The Morgan fingerprint density at radius 2 is 1.91 bits per heavy atom. The van der Waals surface area contributed by atoms with E-state index in [0.29, 0.717) is 37.7 Å². The normalized spacial score (nSPS) is 24.1. The number of benzene rings is 1. The lowest BCUT2D eigenvalue weighted by molar-refractivity contribution is 0.252. The number of piperazine rings is 1. The number of hydrogen-bond acceptors (Lipinski definition) is 3. The summed E-state index contributed by atoms with van der Waals surface area (Å²) >= 11 is 6.05. The number of halogens is 2. The van der Waals surface area contributed by atoms with Crippen molar-refractivity contribution >= 4 is 34.2 Å². The zero-order valence-electron chi connectivity index (χ0n) is 12.2. The summed E-state index contributed by atoms with van der Waals surface area (Å²) in [7, 11) is -3.39. The zero-order valence-corrected chi connectivity index (χ0v) is 14.6. The van der Waals surface area contributed by atoms with E-state index in [1.807, 2.05) is 18.2 Å². The van der Waals surface area contributed by atoms with E-state index in [1.165, 1.54) is 0 Å². The van der Waals surface area contributed by atoms with Crippen LogP contribution in [0, 0.1) is 0 Å².